The Morgan fingerprint density at radius 3 is 2.56 bits per heavy atom. The molecule has 90 valence electrons. The molecule has 0 saturated heterocycles. The molecule has 0 saturated carbocycles. The number of nitrogens with one attached hydrogen (secondary N) is 1. The van der Waals surface area contributed by atoms with Crippen molar-refractivity contribution in [2.45, 2.75) is 6.42 Å². The molecule has 1 aromatic rings. The summed E-state index contributed by atoms with van der Waals surface area (Å²) in [5.41, 5.74) is 0. The third-order valence-electron chi connectivity index (χ3n) is 2.06. The van der Waals surface area contributed by atoms with Crippen molar-refractivity contribution in [1.29, 1.82) is 0 Å². The van der Waals surface area contributed by atoms with Crippen LogP contribution in [0.1, 0.15) is 6.42 Å². The fourth-order valence-electron chi connectivity index (χ4n) is 1.24. The zero-order valence-corrected chi connectivity index (χ0v) is 11.1. The van der Waals surface area contributed by atoms with Crippen LogP contribution in [0.2, 0.25) is 0 Å². The van der Waals surface area contributed by atoms with E-state index in [0.29, 0.717) is 6.61 Å². The van der Waals surface area contributed by atoms with Gasteiger partial charge in [0.2, 0.25) is 0 Å². The first-order valence-electron chi connectivity index (χ1n) is 5.41. The molecule has 16 heavy (non-hydrogen) atoms. The monoisotopic (exact) mass is 287 g/mol. The van der Waals surface area contributed by atoms with Crippen LogP contribution in [0, 0.1) is 0 Å². The van der Waals surface area contributed by atoms with Gasteiger partial charge in [-0.2, -0.15) is 0 Å². The molecule has 0 heterocycles. The summed E-state index contributed by atoms with van der Waals surface area (Å²) >= 11 is 3.38. The molecule has 0 unspecified atom stereocenters. The van der Waals surface area contributed by atoms with E-state index in [1.165, 1.54) is 0 Å². The number of rotatable bonds is 8. The summed E-state index contributed by atoms with van der Waals surface area (Å²) in [6, 6.07) is 7.85. The minimum Gasteiger partial charge on any atom is -0.492 e. The molecule has 0 atom stereocenters. The Kier molecular flexibility index (Phi) is 7.21. The second-order valence-electron chi connectivity index (χ2n) is 3.40. The van der Waals surface area contributed by atoms with Gasteiger partial charge in [-0.15, -0.1) is 0 Å². The van der Waals surface area contributed by atoms with Crippen molar-refractivity contribution in [2.24, 2.45) is 0 Å². The molecule has 0 spiro atoms. The topological polar surface area (TPSA) is 30.5 Å². The third-order valence-corrected chi connectivity index (χ3v) is 2.59. The van der Waals surface area contributed by atoms with E-state index in [9.17, 15) is 0 Å². The molecule has 4 heteroatoms. The van der Waals surface area contributed by atoms with Crippen molar-refractivity contribution in [3.63, 3.8) is 0 Å². The van der Waals surface area contributed by atoms with E-state index < -0.39 is 0 Å². The highest BCUT2D eigenvalue weighted by atomic mass is 79.9. The Hall–Kier alpha value is -0.580. The second kappa shape index (κ2) is 8.56. The van der Waals surface area contributed by atoms with Crippen molar-refractivity contribution in [2.75, 3.05) is 33.4 Å². The third kappa shape index (κ3) is 6.10. The fraction of sp³-hybridized carbons (Fsp3) is 0.500. The van der Waals surface area contributed by atoms with Gasteiger partial charge in [0.1, 0.15) is 12.4 Å². The largest absolute Gasteiger partial charge is 0.492 e. The lowest BCUT2D eigenvalue weighted by molar-refractivity contribution is 0.193. The van der Waals surface area contributed by atoms with Crippen LogP contribution in [0.25, 0.3) is 0 Å². The molecular weight excluding hydrogens is 270 g/mol. The first-order chi connectivity index (χ1) is 7.83. The summed E-state index contributed by atoms with van der Waals surface area (Å²) in [5, 5.41) is 3.29. The molecule has 0 aliphatic rings. The molecule has 0 bridgehead atoms. The van der Waals surface area contributed by atoms with Crippen LogP contribution in [-0.4, -0.2) is 33.4 Å². The first-order valence-corrected chi connectivity index (χ1v) is 6.20. The van der Waals surface area contributed by atoms with Gasteiger partial charge in [-0.05, 0) is 37.2 Å². The Bertz CT molecular complexity index is 277. The highest BCUT2D eigenvalue weighted by Gasteiger charge is 1.93. The number of benzene rings is 1. The Balaban J connectivity index is 2.01. The van der Waals surface area contributed by atoms with Crippen LogP contribution < -0.4 is 10.1 Å². The number of halogens is 1. The van der Waals surface area contributed by atoms with Gasteiger partial charge < -0.3 is 14.8 Å². The van der Waals surface area contributed by atoms with E-state index in [1.807, 2.05) is 24.3 Å². The second-order valence-corrected chi connectivity index (χ2v) is 4.31. The molecule has 1 N–H and O–H groups in total. The molecule has 1 aromatic carbocycles. The van der Waals surface area contributed by atoms with Crippen LogP contribution in [0.15, 0.2) is 28.7 Å². The number of methoxy groups -OCH3 is 1. The molecule has 0 aliphatic heterocycles. The minimum absolute atomic E-state index is 0.689. The Morgan fingerprint density at radius 1 is 1.12 bits per heavy atom. The van der Waals surface area contributed by atoms with Crippen molar-refractivity contribution in [3.8, 4) is 5.75 Å². The van der Waals surface area contributed by atoms with Crippen LogP contribution in [0.5, 0.6) is 5.75 Å². The Morgan fingerprint density at radius 2 is 1.88 bits per heavy atom. The number of hydrogen-bond donors (Lipinski definition) is 1. The van der Waals surface area contributed by atoms with Crippen molar-refractivity contribution in [3.05, 3.63) is 28.7 Å². The molecule has 0 fully saturated rings. The van der Waals surface area contributed by atoms with Gasteiger partial charge >= 0.3 is 0 Å². The zero-order valence-electron chi connectivity index (χ0n) is 9.54. The Labute approximate surface area is 105 Å². The van der Waals surface area contributed by atoms with Gasteiger partial charge in [0, 0.05) is 24.7 Å². The predicted octanol–water partition coefficient (Wildman–Crippen LogP) is 2.45. The molecule has 0 aromatic heterocycles. The SMILES string of the molecule is COCCCNCCOc1ccc(Br)cc1. The lowest BCUT2D eigenvalue weighted by Crippen LogP contribution is -2.22. The van der Waals surface area contributed by atoms with E-state index >= 15 is 0 Å². The molecule has 0 aliphatic carbocycles. The normalized spacial score (nSPS) is 10.4. The summed E-state index contributed by atoms with van der Waals surface area (Å²) in [6.07, 6.45) is 1.04. The van der Waals surface area contributed by atoms with E-state index in [-0.39, 0.29) is 0 Å². The summed E-state index contributed by atoms with van der Waals surface area (Å²) in [5.74, 6) is 0.905. The summed E-state index contributed by atoms with van der Waals surface area (Å²) in [4.78, 5) is 0. The quantitative estimate of drug-likeness (QED) is 0.745. The molecular formula is C12H18BrNO2. The van der Waals surface area contributed by atoms with Crippen molar-refractivity contribution in [1.82, 2.24) is 5.32 Å². The van der Waals surface area contributed by atoms with Gasteiger partial charge in [-0.1, -0.05) is 15.9 Å². The summed E-state index contributed by atoms with van der Waals surface area (Å²) in [7, 11) is 1.72. The average molecular weight is 288 g/mol. The van der Waals surface area contributed by atoms with Crippen molar-refractivity contribution < 1.29 is 9.47 Å². The van der Waals surface area contributed by atoms with Crippen LogP contribution >= 0.6 is 15.9 Å². The molecule has 3 nitrogen and oxygen atoms in total. The summed E-state index contributed by atoms with van der Waals surface area (Å²) < 4.78 is 11.6. The van der Waals surface area contributed by atoms with E-state index in [2.05, 4.69) is 21.2 Å². The van der Waals surface area contributed by atoms with Gasteiger partial charge in [-0.25, -0.2) is 0 Å². The maximum atomic E-state index is 5.55. The molecule has 0 amide bonds. The van der Waals surface area contributed by atoms with Crippen molar-refractivity contribution >= 4 is 15.9 Å². The van der Waals surface area contributed by atoms with Crippen LogP contribution in [0.4, 0.5) is 0 Å². The smallest absolute Gasteiger partial charge is 0.119 e. The predicted molar refractivity (Wildman–Crippen MR) is 69.0 cm³/mol. The highest BCUT2D eigenvalue weighted by Crippen LogP contribution is 2.15. The van der Waals surface area contributed by atoms with Gasteiger partial charge in [0.15, 0.2) is 0 Å². The maximum absolute atomic E-state index is 5.55. The van der Waals surface area contributed by atoms with Gasteiger partial charge in [0.05, 0.1) is 0 Å². The van der Waals surface area contributed by atoms with Gasteiger partial charge in [-0.3, -0.25) is 0 Å². The number of ether oxygens (including phenoxy) is 2. The zero-order chi connectivity index (χ0) is 11.6. The average Bonchev–Trinajstić information content (AvgIpc) is 2.30. The maximum Gasteiger partial charge on any atom is 0.119 e. The van der Waals surface area contributed by atoms with E-state index in [1.54, 1.807) is 7.11 Å². The van der Waals surface area contributed by atoms with Crippen LogP contribution in [0.3, 0.4) is 0 Å². The first kappa shape index (κ1) is 13.5. The lowest BCUT2D eigenvalue weighted by atomic mass is 10.3. The lowest BCUT2D eigenvalue weighted by Gasteiger charge is -2.07. The highest BCUT2D eigenvalue weighted by molar-refractivity contribution is 9.10. The van der Waals surface area contributed by atoms with E-state index in [0.717, 1.165) is 36.3 Å². The summed E-state index contributed by atoms with van der Waals surface area (Å²) in [6.45, 7) is 3.33. The fourth-order valence-corrected chi connectivity index (χ4v) is 1.50. The number of hydrogen-bond acceptors (Lipinski definition) is 3. The van der Waals surface area contributed by atoms with E-state index in [4.69, 9.17) is 9.47 Å². The standard InChI is InChI=1S/C12H18BrNO2/c1-15-9-2-7-14-8-10-16-12-5-3-11(13)4-6-12/h3-6,14H,2,7-10H2,1H3. The van der Waals surface area contributed by atoms with Gasteiger partial charge in [0.25, 0.3) is 0 Å². The molecule has 0 radical (unpaired) electrons. The van der Waals surface area contributed by atoms with Crippen LogP contribution in [-0.2, 0) is 4.74 Å². The molecule has 1 rings (SSSR count). The minimum atomic E-state index is 0.689.